The van der Waals surface area contributed by atoms with Crippen LogP contribution in [0.25, 0.3) is 0 Å². The van der Waals surface area contributed by atoms with Crippen molar-refractivity contribution in [1.29, 1.82) is 0 Å². The first-order chi connectivity index (χ1) is 11.2. The molecule has 1 rings (SSSR count). The first kappa shape index (κ1) is 19.7. The summed E-state index contributed by atoms with van der Waals surface area (Å²) >= 11 is 0. The number of carboxylic acid groups (broad SMARTS) is 1. The fourth-order valence-electron chi connectivity index (χ4n) is 1.74. The van der Waals surface area contributed by atoms with Gasteiger partial charge >= 0.3 is 12.1 Å². The van der Waals surface area contributed by atoms with Crippen LogP contribution < -0.4 is 15.5 Å². The molecule has 8 nitrogen and oxygen atoms in total. The van der Waals surface area contributed by atoms with Crippen LogP contribution in [-0.4, -0.2) is 42.5 Å². The van der Waals surface area contributed by atoms with Crippen LogP contribution in [0.5, 0.6) is 5.75 Å². The highest BCUT2D eigenvalue weighted by molar-refractivity contribution is 5.80. The van der Waals surface area contributed by atoms with Gasteiger partial charge in [0.05, 0.1) is 20.3 Å². The maximum absolute atomic E-state index is 11.6. The highest BCUT2D eigenvalue weighted by Gasteiger charge is 2.23. The summed E-state index contributed by atoms with van der Waals surface area (Å²) in [5, 5.41) is 11.4. The van der Waals surface area contributed by atoms with Crippen LogP contribution in [-0.2, 0) is 21.0 Å². The maximum Gasteiger partial charge on any atom is 0.408 e. The molecule has 24 heavy (non-hydrogen) atoms. The number of para-hydroxylation sites is 1. The molecule has 0 aromatic heterocycles. The molecule has 0 saturated carbocycles. The summed E-state index contributed by atoms with van der Waals surface area (Å²) < 4.78 is 10.2. The fourth-order valence-corrected chi connectivity index (χ4v) is 1.74. The summed E-state index contributed by atoms with van der Waals surface area (Å²) in [6.07, 6.45) is -0.804. The van der Waals surface area contributed by atoms with Gasteiger partial charge in [0.2, 0.25) is 0 Å². The highest BCUT2D eigenvalue weighted by atomic mass is 16.6. The minimum Gasteiger partial charge on any atom is -0.496 e. The largest absolute Gasteiger partial charge is 0.496 e. The van der Waals surface area contributed by atoms with Crippen molar-refractivity contribution in [3.8, 4) is 5.75 Å². The van der Waals surface area contributed by atoms with Crippen LogP contribution in [0.4, 0.5) is 4.79 Å². The van der Waals surface area contributed by atoms with Gasteiger partial charge in [0.25, 0.3) is 0 Å². The predicted molar refractivity (Wildman–Crippen MR) is 86.6 cm³/mol. The Bertz CT molecular complexity index is 556. The van der Waals surface area contributed by atoms with E-state index in [-0.39, 0.29) is 13.2 Å². The quantitative estimate of drug-likeness (QED) is 0.488. The monoisotopic (exact) mass is 340 g/mol. The third kappa shape index (κ3) is 7.30. The lowest BCUT2D eigenvalue weighted by atomic mass is 10.2. The number of hydrogen-bond donors (Lipinski definition) is 3. The van der Waals surface area contributed by atoms with E-state index in [1.165, 1.54) is 0 Å². The number of methoxy groups -OCH3 is 1. The summed E-state index contributed by atoms with van der Waals surface area (Å²) in [6.45, 7) is 5.14. The second-order valence-electron chi connectivity index (χ2n) is 5.99. The van der Waals surface area contributed by atoms with Crippen molar-refractivity contribution in [2.45, 2.75) is 39.0 Å². The molecule has 0 unspecified atom stereocenters. The van der Waals surface area contributed by atoms with Gasteiger partial charge in [-0.05, 0) is 26.8 Å². The molecule has 0 aliphatic carbocycles. The van der Waals surface area contributed by atoms with Crippen LogP contribution in [0.3, 0.4) is 0 Å². The lowest BCUT2D eigenvalue weighted by Gasteiger charge is -2.22. The molecule has 3 N–H and O–H groups in total. The maximum atomic E-state index is 11.6. The summed E-state index contributed by atoms with van der Waals surface area (Å²) in [4.78, 5) is 28.0. The number of ether oxygens (including phenoxy) is 2. The molecule has 0 spiro atoms. The first-order valence-corrected chi connectivity index (χ1v) is 7.42. The van der Waals surface area contributed by atoms with Crippen molar-refractivity contribution in [3.05, 3.63) is 29.8 Å². The number of nitrogens with one attached hydrogen (secondary N) is 2. The van der Waals surface area contributed by atoms with Gasteiger partial charge < -0.3 is 19.9 Å². The van der Waals surface area contributed by atoms with E-state index in [4.69, 9.17) is 19.4 Å². The van der Waals surface area contributed by atoms with Crippen LogP contribution in [0.2, 0.25) is 0 Å². The number of benzene rings is 1. The van der Waals surface area contributed by atoms with Gasteiger partial charge in [-0.2, -0.15) is 5.48 Å². The second-order valence-corrected chi connectivity index (χ2v) is 5.99. The van der Waals surface area contributed by atoms with Gasteiger partial charge in [-0.25, -0.2) is 9.59 Å². The SMILES string of the molecule is COc1ccccc1CONC[C@H](NC(=O)OC(C)(C)C)C(=O)O. The van der Waals surface area contributed by atoms with Gasteiger partial charge in [0.1, 0.15) is 17.4 Å². The molecule has 0 radical (unpaired) electrons. The Balaban J connectivity index is 2.44. The van der Waals surface area contributed by atoms with Gasteiger partial charge in [-0.3, -0.25) is 4.84 Å². The molecule has 134 valence electrons. The Kier molecular flexibility index (Phi) is 7.47. The normalized spacial score (nSPS) is 12.3. The van der Waals surface area contributed by atoms with Crippen molar-refractivity contribution in [2.24, 2.45) is 0 Å². The number of rotatable bonds is 8. The van der Waals surface area contributed by atoms with Gasteiger partial charge in [-0.1, -0.05) is 18.2 Å². The standard InChI is InChI=1S/C16H24N2O6/c1-16(2,3)24-15(21)18-12(14(19)20)9-17-23-10-11-7-5-6-8-13(11)22-4/h5-8,12,17H,9-10H2,1-4H3,(H,18,21)(H,19,20)/t12-/m0/s1. The zero-order valence-electron chi connectivity index (χ0n) is 14.3. The van der Waals surface area contributed by atoms with Crippen molar-refractivity contribution in [3.63, 3.8) is 0 Å². The number of hydrogen-bond acceptors (Lipinski definition) is 6. The molecule has 8 heteroatoms. The molecule has 1 aromatic carbocycles. The van der Waals surface area contributed by atoms with Crippen molar-refractivity contribution in [1.82, 2.24) is 10.8 Å². The molecule has 0 aliphatic heterocycles. The topological polar surface area (TPSA) is 106 Å². The number of amides is 1. The van der Waals surface area contributed by atoms with E-state index >= 15 is 0 Å². The minimum absolute atomic E-state index is 0.121. The molecule has 0 saturated heterocycles. The Morgan fingerprint density at radius 2 is 1.92 bits per heavy atom. The number of carbonyl (C=O) groups excluding carboxylic acids is 1. The van der Waals surface area contributed by atoms with Crippen molar-refractivity contribution >= 4 is 12.1 Å². The van der Waals surface area contributed by atoms with Gasteiger partial charge in [-0.15, -0.1) is 0 Å². The number of aliphatic carboxylic acids is 1. The van der Waals surface area contributed by atoms with Gasteiger partial charge in [0, 0.05) is 5.56 Å². The predicted octanol–water partition coefficient (Wildman–Crippen LogP) is 1.69. The first-order valence-electron chi connectivity index (χ1n) is 7.42. The Labute approximate surface area is 141 Å². The average molecular weight is 340 g/mol. The zero-order valence-corrected chi connectivity index (χ0v) is 14.3. The molecule has 0 heterocycles. The van der Waals surface area contributed by atoms with E-state index in [9.17, 15) is 9.59 Å². The zero-order chi connectivity index (χ0) is 18.2. The Morgan fingerprint density at radius 3 is 2.50 bits per heavy atom. The van der Waals surface area contributed by atoms with Crippen LogP contribution in [0.1, 0.15) is 26.3 Å². The summed E-state index contributed by atoms with van der Waals surface area (Å²) in [6, 6.07) is 6.11. The number of hydroxylamine groups is 1. The molecule has 0 bridgehead atoms. The van der Waals surface area contributed by atoms with Crippen LogP contribution in [0.15, 0.2) is 24.3 Å². The fraction of sp³-hybridized carbons (Fsp3) is 0.500. The second kappa shape index (κ2) is 9.09. The smallest absolute Gasteiger partial charge is 0.408 e. The van der Waals surface area contributed by atoms with Crippen LogP contribution >= 0.6 is 0 Å². The summed E-state index contributed by atoms with van der Waals surface area (Å²) in [5.74, 6) is -0.532. The van der Waals surface area contributed by atoms with E-state index in [2.05, 4.69) is 10.8 Å². The summed E-state index contributed by atoms with van der Waals surface area (Å²) in [5.41, 5.74) is 2.63. The van der Waals surface area contributed by atoms with E-state index in [1.807, 2.05) is 18.2 Å². The lowest BCUT2D eigenvalue weighted by molar-refractivity contribution is -0.140. The van der Waals surface area contributed by atoms with Crippen molar-refractivity contribution < 1.29 is 29.0 Å². The highest BCUT2D eigenvalue weighted by Crippen LogP contribution is 2.17. The molecular formula is C16H24N2O6. The Morgan fingerprint density at radius 1 is 1.25 bits per heavy atom. The molecule has 0 fully saturated rings. The molecular weight excluding hydrogens is 316 g/mol. The lowest BCUT2D eigenvalue weighted by Crippen LogP contribution is -2.48. The van der Waals surface area contributed by atoms with E-state index in [0.29, 0.717) is 5.75 Å². The van der Waals surface area contributed by atoms with E-state index in [0.717, 1.165) is 5.56 Å². The molecule has 1 atom stereocenters. The molecule has 0 aliphatic rings. The Hall–Kier alpha value is -2.32. The van der Waals surface area contributed by atoms with E-state index in [1.54, 1.807) is 33.9 Å². The molecule has 1 amide bonds. The van der Waals surface area contributed by atoms with Crippen molar-refractivity contribution in [2.75, 3.05) is 13.7 Å². The third-order valence-corrected chi connectivity index (χ3v) is 2.80. The summed E-state index contributed by atoms with van der Waals surface area (Å²) in [7, 11) is 1.55. The average Bonchev–Trinajstić information content (AvgIpc) is 2.48. The number of carbonyl (C=O) groups is 2. The third-order valence-electron chi connectivity index (χ3n) is 2.80. The van der Waals surface area contributed by atoms with E-state index < -0.39 is 23.7 Å². The van der Waals surface area contributed by atoms with Crippen LogP contribution in [0, 0.1) is 0 Å². The minimum atomic E-state index is -1.20. The van der Waals surface area contributed by atoms with Gasteiger partial charge in [0.15, 0.2) is 0 Å². The molecule has 1 aromatic rings. The number of carboxylic acids is 1. The number of alkyl carbamates (subject to hydrolysis) is 1.